The smallest absolute Gasteiger partial charge is 0.306 e. The van der Waals surface area contributed by atoms with E-state index in [1.54, 1.807) is 0 Å². The van der Waals surface area contributed by atoms with Crippen molar-refractivity contribution in [1.82, 2.24) is 5.32 Å². The van der Waals surface area contributed by atoms with E-state index < -0.39 is 26.6 Å². The lowest BCUT2D eigenvalue weighted by Crippen LogP contribution is -2.47. The predicted octanol–water partition coefficient (Wildman–Crippen LogP) is 17.5. The van der Waals surface area contributed by atoms with Gasteiger partial charge in [0.1, 0.15) is 19.3 Å². The second-order valence-electron chi connectivity index (χ2n) is 20.7. The lowest BCUT2D eigenvalue weighted by atomic mass is 10.0. The fourth-order valence-electron chi connectivity index (χ4n) is 7.91. The molecule has 0 radical (unpaired) electrons. The number of ether oxygens (including phenoxy) is 1. The molecule has 10 heteroatoms. The van der Waals surface area contributed by atoms with Crippen molar-refractivity contribution in [3.8, 4) is 0 Å². The molecule has 0 aromatic heterocycles. The Bertz CT molecular complexity index is 1640. The van der Waals surface area contributed by atoms with Crippen LogP contribution in [0.2, 0.25) is 0 Å². The van der Waals surface area contributed by atoms with E-state index in [2.05, 4.69) is 123 Å². The van der Waals surface area contributed by atoms with Crippen LogP contribution in [0.3, 0.4) is 0 Å². The van der Waals surface area contributed by atoms with Gasteiger partial charge in [0.05, 0.1) is 33.8 Å². The van der Waals surface area contributed by atoms with Gasteiger partial charge in [-0.15, -0.1) is 0 Å². The van der Waals surface area contributed by atoms with Gasteiger partial charge in [-0.2, -0.15) is 0 Å². The van der Waals surface area contributed by atoms with Crippen molar-refractivity contribution in [1.29, 1.82) is 0 Å². The number of hydrogen-bond acceptors (Lipinski definition) is 7. The van der Waals surface area contributed by atoms with Gasteiger partial charge in [-0.05, 0) is 109 Å². The third kappa shape index (κ3) is 53.5. The van der Waals surface area contributed by atoms with Gasteiger partial charge >= 0.3 is 5.97 Å². The molecule has 0 aromatic carbocycles. The van der Waals surface area contributed by atoms with Gasteiger partial charge in [0, 0.05) is 12.8 Å². The van der Waals surface area contributed by atoms with Crippen molar-refractivity contribution < 1.29 is 37.3 Å². The molecule has 0 saturated heterocycles. The molecular weight excluding hydrogens is 940 g/mol. The molecule has 1 N–H and O–H groups in total. The zero-order valence-electron chi connectivity index (χ0n) is 48.3. The highest BCUT2D eigenvalue weighted by Gasteiger charge is 2.27. The first-order chi connectivity index (χ1) is 35.9. The van der Waals surface area contributed by atoms with Crippen LogP contribution in [0.1, 0.15) is 233 Å². The Kier molecular flexibility index (Phi) is 50.7. The minimum atomic E-state index is -4.72. The van der Waals surface area contributed by atoms with Gasteiger partial charge in [0.25, 0.3) is 7.82 Å². The average molecular weight is 1050 g/mol. The molecule has 0 rings (SSSR count). The normalized spacial score (nSPS) is 14.5. The Hall–Kier alpha value is -3.33. The minimum absolute atomic E-state index is 0.0378. The van der Waals surface area contributed by atoms with E-state index in [1.807, 2.05) is 33.3 Å². The minimum Gasteiger partial charge on any atom is -0.756 e. The molecule has 0 saturated carbocycles. The maximum absolute atomic E-state index is 13.5. The summed E-state index contributed by atoms with van der Waals surface area (Å²) in [5.74, 6) is -0.608. The Labute approximate surface area is 455 Å². The molecule has 0 aliphatic rings. The Morgan fingerprint density at radius 2 is 0.865 bits per heavy atom. The van der Waals surface area contributed by atoms with Crippen LogP contribution < -0.4 is 10.2 Å². The fourth-order valence-corrected chi connectivity index (χ4v) is 8.64. The standard InChI is InChI=1S/C64H111N2O7P/c1-7-10-13-16-19-22-25-28-30-31-32-33-34-35-36-38-41-44-47-50-53-56-63(67)65-61(60-72-74(69,70)71-59-58-66(4,5)6)62(55-52-49-46-43-40-37-27-24-21-18-15-12-9-3)73-64(68)57-54-51-48-45-42-39-29-26-23-20-17-14-11-8-2/h10-11,13-14,19-20,22-23,28,30,32-33,35-36,41,44,52,55,61-62H,7-9,12,15-18,21,24-27,29,31,34,37-40,42-43,45-51,53-54,56-60H2,1-6H3,(H-,65,67,69,70)/b13-10-,14-11+,22-19-,23-20+,30-28-,33-32-,36-35-,44-41-,55-52-. The predicted molar refractivity (Wildman–Crippen MR) is 316 cm³/mol. The molecular formula is C64H111N2O7P. The van der Waals surface area contributed by atoms with E-state index in [0.717, 1.165) is 109 Å². The molecule has 0 aliphatic carbocycles. The van der Waals surface area contributed by atoms with Crippen LogP contribution in [0.15, 0.2) is 109 Å². The number of phosphoric acid groups is 1. The number of phosphoric ester groups is 1. The van der Waals surface area contributed by atoms with Gasteiger partial charge in [-0.3, -0.25) is 14.2 Å². The van der Waals surface area contributed by atoms with Gasteiger partial charge in [0.15, 0.2) is 0 Å². The van der Waals surface area contributed by atoms with Gasteiger partial charge in [-0.25, -0.2) is 0 Å². The summed E-state index contributed by atoms with van der Waals surface area (Å²) in [5, 5.41) is 2.99. The highest BCUT2D eigenvalue weighted by Crippen LogP contribution is 2.38. The lowest BCUT2D eigenvalue weighted by molar-refractivity contribution is -0.870. The zero-order valence-corrected chi connectivity index (χ0v) is 49.1. The Morgan fingerprint density at radius 3 is 1.31 bits per heavy atom. The molecule has 3 atom stereocenters. The monoisotopic (exact) mass is 1050 g/mol. The van der Waals surface area contributed by atoms with E-state index in [1.165, 1.54) is 77.0 Å². The van der Waals surface area contributed by atoms with E-state index >= 15 is 0 Å². The van der Waals surface area contributed by atoms with E-state index in [9.17, 15) is 19.0 Å². The molecule has 0 aliphatic heterocycles. The summed E-state index contributed by atoms with van der Waals surface area (Å²) in [4.78, 5) is 39.9. The summed E-state index contributed by atoms with van der Waals surface area (Å²) in [7, 11) is 1.13. The summed E-state index contributed by atoms with van der Waals surface area (Å²) in [6.07, 6.45) is 72.0. The van der Waals surface area contributed by atoms with E-state index in [4.69, 9.17) is 13.8 Å². The highest BCUT2D eigenvalue weighted by molar-refractivity contribution is 7.45. The van der Waals surface area contributed by atoms with Crippen molar-refractivity contribution in [3.63, 3.8) is 0 Å². The summed E-state index contributed by atoms with van der Waals surface area (Å²) < 4.78 is 30.2. The fraction of sp³-hybridized carbons (Fsp3) is 0.688. The molecule has 74 heavy (non-hydrogen) atoms. The molecule has 0 heterocycles. The quantitative estimate of drug-likeness (QED) is 0.0212. The van der Waals surface area contributed by atoms with Crippen LogP contribution in [-0.4, -0.2) is 69.4 Å². The summed E-state index contributed by atoms with van der Waals surface area (Å²) in [5.41, 5.74) is 0. The summed E-state index contributed by atoms with van der Waals surface area (Å²) >= 11 is 0. The number of nitrogens with zero attached hydrogens (tertiary/aromatic N) is 1. The maximum atomic E-state index is 13.5. The molecule has 0 bridgehead atoms. The highest BCUT2D eigenvalue weighted by atomic mass is 31.2. The number of likely N-dealkylation sites (N-methyl/N-ethyl adjacent to an activating group) is 1. The third-order valence-electron chi connectivity index (χ3n) is 12.4. The topological polar surface area (TPSA) is 114 Å². The average Bonchev–Trinajstić information content (AvgIpc) is 3.36. The maximum Gasteiger partial charge on any atom is 0.306 e. The van der Waals surface area contributed by atoms with Crippen molar-refractivity contribution in [2.24, 2.45) is 0 Å². The summed E-state index contributed by atoms with van der Waals surface area (Å²) in [6, 6.07) is -0.921. The van der Waals surface area contributed by atoms with Crippen molar-refractivity contribution in [3.05, 3.63) is 109 Å². The largest absolute Gasteiger partial charge is 0.756 e. The number of carbonyl (C=O) groups is 2. The van der Waals surface area contributed by atoms with E-state index in [-0.39, 0.29) is 31.3 Å². The van der Waals surface area contributed by atoms with Crippen LogP contribution in [0.4, 0.5) is 0 Å². The van der Waals surface area contributed by atoms with Crippen molar-refractivity contribution in [2.75, 3.05) is 40.9 Å². The first-order valence-electron chi connectivity index (χ1n) is 29.7. The summed E-state index contributed by atoms with van der Waals surface area (Å²) in [6.45, 7) is 6.57. The van der Waals surface area contributed by atoms with Crippen LogP contribution in [0.5, 0.6) is 0 Å². The van der Waals surface area contributed by atoms with Crippen LogP contribution in [-0.2, 0) is 27.9 Å². The number of quaternary nitrogens is 1. The Balaban J connectivity index is 5.41. The van der Waals surface area contributed by atoms with Gasteiger partial charge < -0.3 is 28.5 Å². The zero-order chi connectivity index (χ0) is 54.3. The van der Waals surface area contributed by atoms with Crippen LogP contribution >= 0.6 is 7.82 Å². The number of carbonyl (C=O) groups excluding carboxylic acids is 2. The first kappa shape index (κ1) is 70.7. The number of nitrogens with one attached hydrogen (secondary N) is 1. The van der Waals surface area contributed by atoms with Crippen molar-refractivity contribution in [2.45, 2.75) is 245 Å². The van der Waals surface area contributed by atoms with Crippen LogP contribution in [0, 0.1) is 0 Å². The number of allylic oxidation sites excluding steroid dienone is 17. The molecule has 0 aromatic rings. The molecule has 0 fully saturated rings. The van der Waals surface area contributed by atoms with Crippen molar-refractivity contribution >= 4 is 19.7 Å². The SMILES string of the molecule is CC/C=C\C/C=C\C/C=C\C/C=C\C/C=C\C/C=C\CCCCC(=O)NC(COP(=O)([O-])OCC[N+](C)(C)C)C(/C=C\CCCCCCCCCCCCC)OC(=O)CCCCCCCCC/C=C/C/C=C/CC. The number of amides is 1. The number of rotatable bonds is 52. The molecule has 424 valence electrons. The molecule has 1 amide bonds. The third-order valence-corrected chi connectivity index (χ3v) is 13.4. The van der Waals surface area contributed by atoms with Crippen LogP contribution in [0.25, 0.3) is 0 Å². The second-order valence-corrected chi connectivity index (χ2v) is 22.1. The lowest BCUT2D eigenvalue weighted by Gasteiger charge is -2.30. The van der Waals surface area contributed by atoms with Gasteiger partial charge in [0.2, 0.25) is 5.91 Å². The number of hydrogen-bond donors (Lipinski definition) is 1. The molecule has 9 nitrogen and oxygen atoms in total. The Morgan fingerprint density at radius 1 is 0.486 bits per heavy atom. The first-order valence-corrected chi connectivity index (χ1v) is 31.2. The molecule has 0 spiro atoms. The second kappa shape index (κ2) is 53.1. The van der Waals surface area contributed by atoms with E-state index in [0.29, 0.717) is 23.9 Å². The van der Waals surface area contributed by atoms with Gasteiger partial charge in [-0.1, -0.05) is 220 Å². The number of esters is 1. The number of unbranched alkanes of at least 4 members (excludes halogenated alkanes) is 20. The molecule has 3 unspecified atom stereocenters.